The first-order valence-electron chi connectivity index (χ1n) is 7.78. The molecule has 1 aliphatic carbocycles. The van der Waals surface area contributed by atoms with Gasteiger partial charge in [-0.2, -0.15) is 0 Å². The van der Waals surface area contributed by atoms with E-state index >= 15 is 0 Å². The second-order valence-corrected chi connectivity index (χ2v) is 6.19. The molecule has 5 heteroatoms. The van der Waals surface area contributed by atoms with Crippen molar-refractivity contribution in [2.45, 2.75) is 52.5 Å². The molecule has 1 saturated carbocycles. The summed E-state index contributed by atoms with van der Waals surface area (Å²) in [5.41, 5.74) is 10.1. The minimum atomic E-state index is 0.793. The van der Waals surface area contributed by atoms with Crippen molar-refractivity contribution in [2.24, 2.45) is 5.92 Å². The zero-order valence-corrected chi connectivity index (χ0v) is 12.8. The molecule has 0 saturated heterocycles. The molecule has 0 bridgehead atoms. The van der Waals surface area contributed by atoms with Crippen LogP contribution in [0.4, 0.5) is 5.69 Å². The molecule has 2 aromatic rings. The molecule has 1 aliphatic rings. The number of nitrogens with zero attached hydrogens (tertiary/aromatic N) is 4. The van der Waals surface area contributed by atoms with Crippen LogP contribution in [0.5, 0.6) is 0 Å². The summed E-state index contributed by atoms with van der Waals surface area (Å²) in [6.45, 7) is 4.99. The molecule has 1 heterocycles. The summed E-state index contributed by atoms with van der Waals surface area (Å²) in [7, 11) is 0. The lowest BCUT2D eigenvalue weighted by atomic mass is 10.0. The molecule has 1 fully saturated rings. The Bertz CT molecular complexity index is 626. The van der Waals surface area contributed by atoms with E-state index in [9.17, 15) is 0 Å². The lowest BCUT2D eigenvalue weighted by Crippen LogP contribution is -2.08. The van der Waals surface area contributed by atoms with E-state index in [0.29, 0.717) is 0 Å². The van der Waals surface area contributed by atoms with Crippen molar-refractivity contribution in [3.05, 3.63) is 23.3 Å². The number of benzene rings is 1. The summed E-state index contributed by atoms with van der Waals surface area (Å²) >= 11 is 0. The molecule has 112 valence electrons. The third kappa shape index (κ3) is 2.91. The van der Waals surface area contributed by atoms with Crippen LogP contribution < -0.4 is 5.73 Å². The van der Waals surface area contributed by atoms with Gasteiger partial charge >= 0.3 is 0 Å². The van der Waals surface area contributed by atoms with E-state index in [1.165, 1.54) is 37.7 Å². The number of aromatic nitrogens is 4. The Morgan fingerprint density at radius 2 is 1.95 bits per heavy atom. The van der Waals surface area contributed by atoms with Crippen molar-refractivity contribution >= 4 is 5.69 Å². The van der Waals surface area contributed by atoms with E-state index in [1.807, 2.05) is 17.7 Å². The normalized spacial score (nSPS) is 15.7. The van der Waals surface area contributed by atoms with Gasteiger partial charge in [0.15, 0.2) is 5.82 Å². The molecule has 0 amide bonds. The number of hydrogen-bond donors (Lipinski definition) is 1. The molecule has 0 atom stereocenters. The van der Waals surface area contributed by atoms with Crippen LogP contribution in [0.15, 0.2) is 12.1 Å². The van der Waals surface area contributed by atoms with Gasteiger partial charge in [0.1, 0.15) is 0 Å². The predicted octanol–water partition coefficient (Wildman–Crippen LogP) is 3.12. The summed E-state index contributed by atoms with van der Waals surface area (Å²) in [6, 6.07) is 4.09. The molecule has 0 spiro atoms. The van der Waals surface area contributed by atoms with Gasteiger partial charge in [-0.15, -0.1) is 5.10 Å². The minimum absolute atomic E-state index is 0.793. The zero-order valence-electron chi connectivity index (χ0n) is 12.8. The number of tetrazole rings is 1. The Morgan fingerprint density at radius 1 is 1.19 bits per heavy atom. The number of nitrogen functional groups attached to an aromatic ring is 1. The molecule has 1 aromatic carbocycles. The summed E-state index contributed by atoms with van der Waals surface area (Å²) in [4.78, 5) is 0. The van der Waals surface area contributed by atoms with E-state index < -0.39 is 0 Å². The highest BCUT2D eigenvalue weighted by atomic mass is 15.5. The van der Waals surface area contributed by atoms with Gasteiger partial charge in [0.25, 0.3) is 0 Å². The quantitative estimate of drug-likeness (QED) is 0.876. The maximum atomic E-state index is 6.04. The standard InChI is InChI=1S/C16H23N5/c1-11-9-12(2)15(17)10-14(11)16-18-19-20-21(16)8-7-13-5-3-4-6-13/h9-10,13H,3-8,17H2,1-2H3. The fourth-order valence-corrected chi connectivity index (χ4v) is 3.26. The number of rotatable bonds is 4. The second-order valence-electron chi connectivity index (χ2n) is 6.19. The van der Waals surface area contributed by atoms with Crippen molar-refractivity contribution in [3.8, 4) is 11.4 Å². The predicted molar refractivity (Wildman–Crippen MR) is 83.7 cm³/mol. The number of hydrogen-bond acceptors (Lipinski definition) is 4. The second kappa shape index (κ2) is 5.84. The average molecular weight is 285 g/mol. The van der Waals surface area contributed by atoms with E-state index in [4.69, 9.17) is 5.73 Å². The molecular weight excluding hydrogens is 262 g/mol. The van der Waals surface area contributed by atoms with E-state index in [0.717, 1.165) is 35.1 Å². The maximum Gasteiger partial charge on any atom is 0.182 e. The minimum Gasteiger partial charge on any atom is -0.398 e. The van der Waals surface area contributed by atoms with Gasteiger partial charge in [0, 0.05) is 17.8 Å². The molecule has 0 aliphatic heterocycles. The first kappa shape index (κ1) is 14.0. The van der Waals surface area contributed by atoms with Crippen molar-refractivity contribution in [2.75, 3.05) is 5.73 Å². The summed E-state index contributed by atoms with van der Waals surface area (Å²) in [5, 5.41) is 12.2. The zero-order chi connectivity index (χ0) is 14.8. The van der Waals surface area contributed by atoms with Crippen LogP contribution in [0.1, 0.15) is 43.2 Å². The fourth-order valence-electron chi connectivity index (χ4n) is 3.26. The molecule has 5 nitrogen and oxygen atoms in total. The molecular formula is C16H23N5. The Kier molecular flexibility index (Phi) is 3.90. The highest BCUT2D eigenvalue weighted by Crippen LogP contribution is 2.29. The van der Waals surface area contributed by atoms with E-state index in [2.05, 4.69) is 28.5 Å². The third-order valence-corrected chi connectivity index (χ3v) is 4.61. The molecule has 3 rings (SSSR count). The van der Waals surface area contributed by atoms with Crippen LogP contribution in [-0.2, 0) is 6.54 Å². The van der Waals surface area contributed by atoms with Crippen LogP contribution in [-0.4, -0.2) is 20.2 Å². The maximum absolute atomic E-state index is 6.04. The van der Waals surface area contributed by atoms with Crippen molar-refractivity contribution < 1.29 is 0 Å². The lowest BCUT2D eigenvalue weighted by Gasteiger charge is -2.12. The molecule has 1 aromatic heterocycles. The summed E-state index contributed by atoms with van der Waals surface area (Å²) in [6.07, 6.45) is 6.63. The van der Waals surface area contributed by atoms with Gasteiger partial charge in [-0.05, 0) is 53.8 Å². The fraction of sp³-hybridized carbons (Fsp3) is 0.562. The van der Waals surface area contributed by atoms with Crippen LogP contribution in [0.25, 0.3) is 11.4 Å². The highest BCUT2D eigenvalue weighted by molar-refractivity contribution is 5.67. The third-order valence-electron chi connectivity index (χ3n) is 4.61. The molecule has 0 unspecified atom stereocenters. The lowest BCUT2D eigenvalue weighted by molar-refractivity contribution is 0.436. The summed E-state index contributed by atoms with van der Waals surface area (Å²) in [5.74, 6) is 1.67. The van der Waals surface area contributed by atoms with Gasteiger partial charge in [0.2, 0.25) is 0 Å². The first-order chi connectivity index (χ1) is 10.1. The Hall–Kier alpha value is -1.91. The molecule has 2 N–H and O–H groups in total. The number of anilines is 1. The largest absolute Gasteiger partial charge is 0.398 e. The molecule has 0 radical (unpaired) electrons. The van der Waals surface area contributed by atoms with E-state index in [-0.39, 0.29) is 0 Å². The Balaban J connectivity index is 1.83. The van der Waals surface area contributed by atoms with Crippen molar-refractivity contribution in [3.63, 3.8) is 0 Å². The Labute approximate surface area is 125 Å². The van der Waals surface area contributed by atoms with Gasteiger partial charge in [-0.1, -0.05) is 31.7 Å². The van der Waals surface area contributed by atoms with Crippen LogP contribution in [0, 0.1) is 19.8 Å². The van der Waals surface area contributed by atoms with E-state index in [1.54, 1.807) is 0 Å². The van der Waals surface area contributed by atoms with Gasteiger partial charge < -0.3 is 5.73 Å². The van der Waals surface area contributed by atoms with Crippen LogP contribution >= 0.6 is 0 Å². The first-order valence-corrected chi connectivity index (χ1v) is 7.78. The van der Waals surface area contributed by atoms with Crippen molar-refractivity contribution in [1.82, 2.24) is 20.2 Å². The smallest absolute Gasteiger partial charge is 0.182 e. The monoisotopic (exact) mass is 285 g/mol. The van der Waals surface area contributed by atoms with Gasteiger partial charge in [-0.3, -0.25) is 0 Å². The Morgan fingerprint density at radius 3 is 2.71 bits per heavy atom. The number of aryl methyl sites for hydroxylation is 3. The topological polar surface area (TPSA) is 69.6 Å². The number of nitrogens with two attached hydrogens (primary N) is 1. The van der Waals surface area contributed by atoms with Crippen LogP contribution in [0.3, 0.4) is 0 Å². The van der Waals surface area contributed by atoms with Crippen LogP contribution in [0.2, 0.25) is 0 Å². The SMILES string of the molecule is Cc1cc(C)c(-c2nnnn2CCC2CCCC2)cc1N. The molecule has 21 heavy (non-hydrogen) atoms. The van der Waals surface area contributed by atoms with Gasteiger partial charge in [-0.25, -0.2) is 4.68 Å². The highest BCUT2D eigenvalue weighted by Gasteiger charge is 2.17. The summed E-state index contributed by atoms with van der Waals surface area (Å²) < 4.78 is 1.93. The van der Waals surface area contributed by atoms with Crippen molar-refractivity contribution in [1.29, 1.82) is 0 Å². The average Bonchev–Trinajstić information content (AvgIpc) is 3.11. The van der Waals surface area contributed by atoms with Gasteiger partial charge in [0.05, 0.1) is 0 Å².